The standard InChI is InChI=1S/C18H16Cl2N4O2/c1-12(26-16-8-7-13(19)9-15(16)20)18(25)21-10-17-23-22-11-24(17)14-5-3-2-4-6-14/h2-9,11-12H,10H2,1H3,(H,21,25)/t12-/m1/s1. The van der Waals surface area contributed by atoms with E-state index in [4.69, 9.17) is 27.9 Å². The minimum absolute atomic E-state index is 0.218. The number of nitrogens with zero attached hydrogens (tertiary/aromatic N) is 3. The molecule has 0 fully saturated rings. The van der Waals surface area contributed by atoms with Crippen molar-refractivity contribution in [2.75, 3.05) is 0 Å². The first-order chi connectivity index (χ1) is 12.5. The van der Waals surface area contributed by atoms with Crippen LogP contribution in [0, 0.1) is 0 Å². The van der Waals surface area contributed by atoms with Crippen molar-refractivity contribution < 1.29 is 9.53 Å². The van der Waals surface area contributed by atoms with Crippen LogP contribution in [0.1, 0.15) is 12.7 Å². The highest BCUT2D eigenvalue weighted by Crippen LogP contribution is 2.28. The topological polar surface area (TPSA) is 69.0 Å². The van der Waals surface area contributed by atoms with Gasteiger partial charge in [0.25, 0.3) is 5.91 Å². The molecule has 134 valence electrons. The summed E-state index contributed by atoms with van der Waals surface area (Å²) in [6.07, 6.45) is 0.867. The molecule has 0 aliphatic carbocycles. The Labute approximate surface area is 160 Å². The van der Waals surface area contributed by atoms with Gasteiger partial charge < -0.3 is 10.1 Å². The van der Waals surface area contributed by atoms with E-state index in [1.165, 1.54) is 0 Å². The lowest BCUT2D eigenvalue weighted by Gasteiger charge is -2.16. The number of nitrogens with one attached hydrogen (secondary N) is 1. The van der Waals surface area contributed by atoms with Crippen molar-refractivity contribution in [2.45, 2.75) is 19.6 Å². The number of hydrogen-bond acceptors (Lipinski definition) is 4. The average molecular weight is 391 g/mol. The zero-order valence-corrected chi connectivity index (χ0v) is 15.4. The highest BCUT2D eigenvalue weighted by molar-refractivity contribution is 6.35. The zero-order chi connectivity index (χ0) is 18.5. The number of benzene rings is 2. The van der Waals surface area contributed by atoms with Gasteiger partial charge in [-0.2, -0.15) is 0 Å². The van der Waals surface area contributed by atoms with E-state index in [2.05, 4.69) is 15.5 Å². The number of carbonyl (C=O) groups is 1. The van der Waals surface area contributed by atoms with E-state index in [1.807, 2.05) is 34.9 Å². The minimum atomic E-state index is -0.734. The molecule has 1 amide bonds. The molecule has 1 N–H and O–H groups in total. The molecule has 6 nitrogen and oxygen atoms in total. The van der Waals surface area contributed by atoms with Crippen molar-refractivity contribution in [3.63, 3.8) is 0 Å². The third-order valence-corrected chi connectivity index (χ3v) is 4.17. The van der Waals surface area contributed by atoms with Gasteiger partial charge in [0.1, 0.15) is 12.1 Å². The summed E-state index contributed by atoms with van der Waals surface area (Å²) in [4.78, 5) is 12.3. The summed E-state index contributed by atoms with van der Waals surface area (Å²) in [6, 6.07) is 14.5. The largest absolute Gasteiger partial charge is 0.479 e. The van der Waals surface area contributed by atoms with E-state index in [-0.39, 0.29) is 12.5 Å². The summed E-state index contributed by atoms with van der Waals surface area (Å²) < 4.78 is 7.41. The van der Waals surface area contributed by atoms with Gasteiger partial charge in [0.15, 0.2) is 11.9 Å². The molecule has 8 heteroatoms. The van der Waals surface area contributed by atoms with Gasteiger partial charge in [0.2, 0.25) is 0 Å². The molecule has 3 aromatic rings. The van der Waals surface area contributed by atoms with Crippen molar-refractivity contribution in [3.8, 4) is 11.4 Å². The van der Waals surface area contributed by atoms with Crippen LogP contribution in [0.4, 0.5) is 0 Å². The van der Waals surface area contributed by atoms with Crippen molar-refractivity contribution in [1.82, 2.24) is 20.1 Å². The number of aromatic nitrogens is 3. The van der Waals surface area contributed by atoms with Crippen LogP contribution in [0.2, 0.25) is 10.0 Å². The highest BCUT2D eigenvalue weighted by Gasteiger charge is 2.17. The van der Waals surface area contributed by atoms with Gasteiger partial charge in [-0.05, 0) is 37.3 Å². The molecular formula is C18H16Cl2N4O2. The van der Waals surface area contributed by atoms with Crippen molar-refractivity contribution in [1.29, 1.82) is 0 Å². The number of carbonyl (C=O) groups excluding carboxylic acids is 1. The van der Waals surface area contributed by atoms with Gasteiger partial charge in [-0.15, -0.1) is 10.2 Å². The Morgan fingerprint density at radius 2 is 2.00 bits per heavy atom. The molecule has 0 saturated heterocycles. The summed E-state index contributed by atoms with van der Waals surface area (Å²) in [5.74, 6) is 0.714. The lowest BCUT2D eigenvalue weighted by molar-refractivity contribution is -0.127. The first kappa shape index (κ1) is 18.2. The summed E-state index contributed by atoms with van der Waals surface area (Å²) in [6.45, 7) is 1.86. The fraction of sp³-hybridized carbons (Fsp3) is 0.167. The monoisotopic (exact) mass is 390 g/mol. The van der Waals surface area contributed by atoms with Gasteiger partial charge in [-0.1, -0.05) is 41.4 Å². The van der Waals surface area contributed by atoms with E-state index >= 15 is 0 Å². The quantitative estimate of drug-likeness (QED) is 0.697. The Hall–Kier alpha value is -2.57. The van der Waals surface area contributed by atoms with E-state index in [1.54, 1.807) is 31.5 Å². The Bertz CT molecular complexity index is 899. The Balaban J connectivity index is 1.62. The van der Waals surface area contributed by atoms with Gasteiger partial charge in [0.05, 0.1) is 11.6 Å². The van der Waals surface area contributed by atoms with Crippen molar-refractivity contribution in [3.05, 3.63) is 70.7 Å². The second kappa shape index (κ2) is 8.21. The van der Waals surface area contributed by atoms with Gasteiger partial charge in [-0.3, -0.25) is 9.36 Å². The number of rotatable bonds is 6. The number of ether oxygens (including phenoxy) is 1. The average Bonchev–Trinajstić information content (AvgIpc) is 3.11. The predicted molar refractivity (Wildman–Crippen MR) is 99.8 cm³/mol. The van der Waals surface area contributed by atoms with Crippen LogP contribution in [-0.4, -0.2) is 26.8 Å². The normalized spacial score (nSPS) is 11.8. The summed E-state index contributed by atoms with van der Waals surface area (Å²) in [5, 5.41) is 11.6. The summed E-state index contributed by atoms with van der Waals surface area (Å²) >= 11 is 11.9. The molecular weight excluding hydrogens is 375 g/mol. The molecule has 1 aromatic heterocycles. The molecule has 1 atom stereocenters. The maximum absolute atomic E-state index is 12.3. The number of para-hydroxylation sites is 1. The van der Waals surface area contributed by atoms with Crippen LogP contribution in [0.5, 0.6) is 5.75 Å². The lowest BCUT2D eigenvalue weighted by atomic mass is 10.3. The van der Waals surface area contributed by atoms with Crippen LogP contribution < -0.4 is 10.1 Å². The first-order valence-corrected chi connectivity index (χ1v) is 8.64. The minimum Gasteiger partial charge on any atom is -0.479 e. The van der Waals surface area contributed by atoms with E-state index in [9.17, 15) is 4.79 Å². The molecule has 26 heavy (non-hydrogen) atoms. The third-order valence-electron chi connectivity index (χ3n) is 3.64. The molecule has 0 bridgehead atoms. The Kier molecular flexibility index (Phi) is 5.75. The van der Waals surface area contributed by atoms with Crippen LogP contribution in [0.3, 0.4) is 0 Å². The fourth-order valence-corrected chi connectivity index (χ4v) is 2.76. The maximum atomic E-state index is 12.3. The second-order valence-electron chi connectivity index (χ2n) is 5.51. The Morgan fingerprint density at radius 3 is 2.73 bits per heavy atom. The van der Waals surface area contributed by atoms with Gasteiger partial charge in [-0.25, -0.2) is 0 Å². The zero-order valence-electron chi connectivity index (χ0n) is 13.9. The molecule has 0 radical (unpaired) electrons. The third kappa shape index (κ3) is 4.33. The smallest absolute Gasteiger partial charge is 0.261 e. The van der Waals surface area contributed by atoms with E-state index in [0.717, 1.165) is 5.69 Å². The summed E-state index contributed by atoms with van der Waals surface area (Å²) in [7, 11) is 0. The SMILES string of the molecule is C[C@@H](Oc1ccc(Cl)cc1Cl)C(=O)NCc1nncn1-c1ccccc1. The van der Waals surface area contributed by atoms with Crippen LogP contribution in [0.15, 0.2) is 54.9 Å². The van der Waals surface area contributed by atoms with E-state index < -0.39 is 6.10 Å². The van der Waals surface area contributed by atoms with Crippen LogP contribution >= 0.6 is 23.2 Å². The predicted octanol–water partition coefficient (Wildman–Crippen LogP) is 3.66. The molecule has 0 aliphatic heterocycles. The number of amides is 1. The summed E-state index contributed by atoms with van der Waals surface area (Å²) in [5.41, 5.74) is 0.916. The van der Waals surface area contributed by atoms with E-state index in [0.29, 0.717) is 21.6 Å². The van der Waals surface area contributed by atoms with Crippen LogP contribution in [0.25, 0.3) is 5.69 Å². The number of hydrogen-bond donors (Lipinski definition) is 1. The molecule has 0 unspecified atom stereocenters. The molecule has 0 saturated carbocycles. The lowest BCUT2D eigenvalue weighted by Crippen LogP contribution is -2.36. The Morgan fingerprint density at radius 1 is 1.23 bits per heavy atom. The second-order valence-corrected chi connectivity index (χ2v) is 6.35. The highest BCUT2D eigenvalue weighted by atomic mass is 35.5. The number of halogens is 2. The maximum Gasteiger partial charge on any atom is 0.261 e. The van der Waals surface area contributed by atoms with Gasteiger partial charge in [0, 0.05) is 10.7 Å². The molecule has 0 aliphatic rings. The van der Waals surface area contributed by atoms with Crippen molar-refractivity contribution >= 4 is 29.1 Å². The van der Waals surface area contributed by atoms with Crippen molar-refractivity contribution in [2.24, 2.45) is 0 Å². The molecule has 3 rings (SSSR count). The van der Waals surface area contributed by atoms with Crippen LogP contribution in [-0.2, 0) is 11.3 Å². The molecule has 1 heterocycles. The molecule has 0 spiro atoms. The first-order valence-electron chi connectivity index (χ1n) is 7.88. The van der Waals surface area contributed by atoms with Gasteiger partial charge >= 0.3 is 0 Å². The molecule has 2 aromatic carbocycles. The fourth-order valence-electron chi connectivity index (χ4n) is 2.31.